The molecule has 2 aromatic carbocycles. The maximum Gasteiger partial charge on any atom is 0.250 e. The number of piperidine rings is 1. The fraction of sp³-hybridized carbons (Fsp3) is 0.381. The Kier molecular flexibility index (Phi) is 5.53. The largest absolute Gasteiger partial charge is 0.494 e. The molecule has 0 bridgehead atoms. The summed E-state index contributed by atoms with van der Waals surface area (Å²) in [5.41, 5.74) is 0.704. The zero-order chi connectivity index (χ0) is 19.2. The van der Waals surface area contributed by atoms with Crippen molar-refractivity contribution >= 4 is 5.95 Å². The molecule has 0 spiro atoms. The highest BCUT2D eigenvalue weighted by atomic mass is 16.5. The number of aliphatic hydroxyl groups is 1. The summed E-state index contributed by atoms with van der Waals surface area (Å²) in [5, 5.41) is 22.5. The van der Waals surface area contributed by atoms with Crippen LogP contribution in [0.2, 0.25) is 0 Å². The van der Waals surface area contributed by atoms with Crippen molar-refractivity contribution in [2.24, 2.45) is 5.41 Å². The molecule has 0 saturated carbocycles. The standard InChI is InChI=1S/C21H25N5O2/c27-17-21(13-15-28-19-10-5-2-6-11-19)12-7-14-25(16-21)20-22-23-24-26(20)18-8-3-1-4-9-18/h1-6,8-11,27H,7,12-17H2. The summed E-state index contributed by atoms with van der Waals surface area (Å²) in [4.78, 5) is 2.18. The molecule has 7 heteroatoms. The van der Waals surface area contributed by atoms with E-state index in [1.165, 1.54) is 0 Å². The number of rotatable bonds is 7. The van der Waals surface area contributed by atoms with Gasteiger partial charge in [0.1, 0.15) is 5.75 Å². The summed E-state index contributed by atoms with van der Waals surface area (Å²) in [7, 11) is 0. The first kappa shape index (κ1) is 18.4. The van der Waals surface area contributed by atoms with Crippen molar-refractivity contribution in [1.82, 2.24) is 20.2 Å². The van der Waals surface area contributed by atoms with E-state index in [1.807, 2.05) is 60.7 Å². The van der Waals surface area contributed by atoms with Crippen LogP contribution in [0.4, 0.5) is 5.95 Å². The lowest BCUT2D eigenvalue weighted by atomic mass is 9.78. The summed E-state index contributed by atoms with van der Waals surface area (Å²) in [6.07, 6.45) is 2.72. The average Bonchev–Trinajstić information content (AvgIpc) is 3.25. The van der Waals surface area contributed by atoms with Crippen LogP contribution in [-0.4, -0.2) is 51.6 Å². The van der Waals surface area contributed by atoms with Gasteiger partial charge in [0.25, 0.3) is 0 Å². The topological polar surface area (TPSA) is 76.3 Å². The number of tetrazole rings is 1. The Hall–Kier alpha value is -2.93. The first-order chi connectivity index (χ1) is 13.8. The lowest BCUT2D eigenvalue weighted by Gasteiger charge is -2.41. The Morgan fingerprint density at radius 1 is 1.04 bits per heavy atom. The number of aromatic nitrogens is 4. The predicted molar refractivity (Wildman–Crippen MR) is 107 cm³/mol. The third kappa shape index (κ3) is 3.99. The van der Waals surface area contributed by atoms with Gasteiger partial charge in [-0.3, -0.25) is 0 Å². The van der Waals surface area contributed by atoms with Crippen molar-refractivity contribution in [3.63, 3.8) is 0 Å². The molecule has 1 aromatic heterocycles. The molecule has 0 radical (unpaired) electrons. The predicted octanol–water partition coefficient (Wildman–Crippen LogP) is 2.71. The number of ether oxygens (including phenoxy) is 1. The minimum atomic E-state index is -0.222. The highest BCUT2D eigenvalue weighted by Crippen LogP contribution is 2.35. The molecule has 1 N–H and O–H groups in total. The van der Waals surface area contributed by atoms with Gasteiger partial charge in [0.05, 0.1) is 18.9 Å². The fourth-order valence-electron chi connectivity index (χ4n) is 3.81. The maximum absolute atomic E-state index is 10.2. The van der Waals surface area contributed by atoms with Crippen molar-refractivity contribution in [1.29, 1.82) is 0 Å². The highest BCUT2D eigenvalue weighted by Gasteiger charge is 2.36. The molecule has 4 rings (SSSR count). The van der Waals surface area contributed by atoms with E-state index in [0.29, 0.717) is 19.1 Å². The van der Waals surface area contributed by atoms with Crippen LogP contribution in [0.25, 0.3) is 5.69 Å². The second-order valence-corrected chi connectivity index (χ2v) is 7.32. The highest BCUT2D eigenvalue weighted by molar-refractivity contribution is 5.41. The van der Waals surface area contributed by atoms with E-state index in [0.717, 1.165) is 37.2 Å². The molecule has 1 unspecified atom stereocenters. The molecule has 0 amide bonds. The van der Waals surface area contributed by atoms with Gasteiger partial charge in [-0.05, 0) is 54.0 Å². The van der Waals surface area contributed by atoms with Gasteiger partial charge in [-0.25, -0.2) is 0 Å². The molecule has 1 atom stereocenters. The third-order valence-electron chi connectivity index (χ3n) is 5.38. The van der Waals surface area contributed by atoms with E-state index in [1.54, 1.807) is 4.68 Å². The summed E-state index contributed by atoms with van der Waals surface area (Å²) in [6.45, 7) is 2.26. The van der Waals surface area contributed by atoms with E-state index in [9.17, 15) is 5.11 Å². The lowest BCUT2D eigenvalue weighted by molar-refractivity contribution is 0.0788. The van der Waals surface area contributed by atoms with Gasteiger partial charge in [0.2, 0.25) is 5.95 Å². The summed E-state index contributed by atoms with van der Waals surface area (Å²) < 4.78 is 7.64. The van der Waals surface area contributed by atoms with Crippen LogP contribution in [0.5, 0.6) is 5.75 Å². The number of nitrogens with zero attached hydrogens (tertiary/aromatic N) is 5. The third-order valence-corrected chi connectivity index (χ3v) is 5.38. The average molecular weight is 379 g/mol. The Bertz CT molecular complexity index is 871. The zero-order valence-corrected chi connectivity index (χ0v) is 15.8. The lowest BCUT2D eigenvalue weighted by Crippen LogP contribution is -2.47. The van der Waals surface area contributed by atoms with Gasteiger partial charge < -0.3 is 14.7 Å². The van der Waals surface area contributed by atoms with Gasteiger partial charge in [-0.1, -0.05) is 41.5 Å². The number of aliphatic hydroxyl groups excluding tert-OH is 1. The molecule has 0 aliphatic carbocycles. The monoisotopic (exact) mass is 379 g/mol. The van der Waals surface area contributed by atoms with E-state index < -0.39 is 0 Å². The minimum absolute atomic E-state index is 0.120. The Labute approximate surface area is 164 Å². The molecule has 1 saturated heterocycles. The summed E-state index contributed by atoms with van der Waals surface area (Å²) in [6, 6.07) is 19.7. The molecule has 7 nitrogen and oxygen atoms in total. The maximum atomic E-state index is 10.2. The molecular formula is C21H25N5O2. The molecule has 28 heavy (non-hydrogen) atoms. The van der Waals surface area contributed by atoms with Crippen molar-refractivity contribution in [3.8, 4) is 11.4 Å². The van der Waals surface area contributed by atoms with Gasteiger partial charge >= 0.3 is 0 Å². The second kappa shape index (κ2) is 8.39. The van der Waals surface area contributed by atoms with Crippen molar-refractivity contribution in [2.45, 2.75) is 19.3 Å². The normalized spacial score (nSPS) is 19.5. The number of benzene rings is 2. The zero-order valence-electron chi connectivity index (χ0n) is 15.8. The summed E-state index contributed by atoms with van der Waals surface area (Å²) in [5.74, 6) is 1.57. The molecular weight excluding hydrogens is 354 g/mol. The van der Waals surface area contributed by atoms with Crippen LogP contribution in [0, 0.1) is 5.41 Å². The quantitative estimate of drug-likeness (QED) is 0.680. The van der Waals surface area contributed by atoms with Crippen LogP contribution in [0.15, 0.2) is 60.7 Å². The SMILES string of the molecule is OCC1(CCOc2ccccc2)CCCN(c2nnnn2-c2ccccc2)C1. The van der Waals surface area contributed by atoms with Crippen molar-refractivity contribution in [2.75, 3.05) is 31.2 Å². The van der Waals surface area contributed by atoms with E-state index in [2.05, 4.69) is 20.4 Å². The molecule has 146 valence electrons. The van der Waals surface area contributed by atoms with Gasteiger partial charge in [0, 0.05) is 18.5 Å². The van der Waals surface area contributed by atoms with Crippen molar-refractivity contribution < 1.29 is 9.84 Å². The Morgan fingerprint density at radius 2 is 1.79 bits per heavy atom. The molecule has 1 aliphatic heterocycles. The molecule has 1 fully saturated rings. The van der Waals surface area contributed by atoms with Crippen LogP contribution in [0.1, 0.15) is 19.3 Å². The molecule has 2 heterocycles. The first-order valence-corrected chi connectivity index (χ1v) is 9.67. The van der Waals surface area contributed by atoms with Gasteiger partial charge in [0.15, 0.2) is 0 Å². The number of para-hydroxylation sites is 2. The van der Waals surface area contributed by atoms with Crippen LogP contribution < -0.4 is 9.64 Å². The molecule has 1 aliphatic rings. The van der Waals surface area contributed by atoms with Gasteiger partial charge in [-0.2, -0.15) is 4.68 Å². The number of hydrogen-bond acceptors (Lipinski definition) is 6. The van der Waals surface area contributed by atoms with Crippen LogP contribution in [0.3, 0.4) is 0 Å². The van der Waals surface area contributed by atoms with E-state index in [-0.39, 0.29) is 12.0 Å². The van der Waals surface area contributed by atoms with E-state index >= 15 is 0 Å². The molecule has 3 aromatic rings. The second-order valence-electron chi connectivity index (χ2n) is 7.32. The van der Waals surface area contributed by atoms with Crippen LogP contribution >= 0.6 is 0 Å². The number of hydrogen-bond donors (Lipinski definition) is 1. The summed E-state index contributed by atoms with van der Waals surface area (Å²) >= 11 is 0. The Morgan fingerprint density at radius 3 is 2.54 bits per heavy atom. The van der Waals surface area contributed by atoms with Crippen molar-refractivity contribution in [3.05, 3.63) is 60.7 Å². The number of anilines is 1. The fourth-order valence-corrected chi connectivity index (χ4v) is 3.81. The van der Waals surface area contributed by atoms with E-state index in [4.69, 9.17) is 4.74 Å². The minimum Gasteiger partial charge on any atom is -0.494 e. The van der Waals surface area contributed by atoms with Crippen LogP contribution in [-0.2, 0) is 0 Å². The Balaban J connectivity index is 1.46. The first-order valence-electron chi connectivity index (χ1n) is 9.67. The van der Waals surface area contributed by atoms with Gasteiger partial charge in [-0.15, -0.1) is 0 Å². The smallest absolute Gasteiger partial charge is 0.250 e.